The minimum atomic E-state index is -0.524. The van der Waals surface area contributed by atoms with Crippen molar-refractivity contribution in [2.45, 2.75) is 26.3 Å². The van der Waals surface area contributed by atoms with Crippen LogP contribution in [0, 0.1) is 25.2 Å². The van der Waals surface area contributed by atoms with Crippen LogP contribution in [-0.4, -0.2) is 24.4 Å². The highest BCUT2D eigenvalue weighted by atomic mass is 16.2. The zero-order chi connectivity index (χ0) is 18.0. The molecule has 2 aromatic carbocycles. The van der Waals surface area contributed by atoms with Gasteiger partial charge in [0, 0.05) is 17.8 Å². The molecule has 0 unspecified atom stereocenters. The number of nitriles is 1. The van der Waals surface area contributed by atoms with Crippen LogP contribution in [-0.2, 0) is 4.79 Å². The first-order chi connectivity index (χ1) is 12.0. The van der Waals surface area contributed by atoms with Crippen LogP contribution in [0.2, 0.25) is 0 Å². The van der Waals surface area contributed by atoms with E-state index in [1.165, 1.54) is 0 Å². The predicted molar refractivity (Wildman–Crippen MR) is 95.3 cm³/mol. The van der Waals surface area contributed by atoms with E-state index >= 15 is 0 Å². The maximum atomic E-state index is 12.7. The summed E-state index contributed by atoms with van der Waals surface area (Å²) in [5.74, 6) is -0.392. The summed E-state index contributed by atoms with van der Waals surface area (Å²) in [5.41, 5.74) is 4.02. The highest BCUT2D eigenvalue weighted by Crippen LogP contribution is 2.24. The van der Waals surface area contributed by atoms with E-state index in [4.69, 9.17) is 5.26 Å². The largest absolute Gasteiger partial charge is 0.340 e. The predicted octanol–water partition coefficient (Wildman–Crippen LogP) is 2.71. The molecule has 1 fully saturated rings. The van der Waals surface area contributed by atoms with E-state index in [1.807, 2.05) is 32.0 Å². The fourth-order valence-corrected chi connectivity index (χ4v) is 3.11. The highest BCUT2D eigenvalue weighted by molar-refractivity contribution is 6.04. The lowest BCUT2D eigenvalue weighted by Gasteiger charge is -2.18. The molecule has 0 aliphatic carbocycles. The van der Waals surface area contributed by atoms with Gasteiger partial charge in [-0.1, -0.05) is 6.07 Å². The molecule has 1 saturated heterocycles. The van der Waals surface area contributed by atoms with Crippen LogP contribution in [0.15, 0.2) is 42.5 Å². The molecule has 1 N–H and O–H groups in total. The molecule has 0 spiro atoms. The van der Waals surface area contributed by atoms with E-state index in [-0.39, 0.29) is 11.8 Å². The number of amides is 2. The van der Waals surface area contributed by atoms with Gasteiger partial charge in [-0.25, -0.2) is 0 Å². The van der Waals surface area contributed by atoms with Crippen molar-refractivity contribution in [3.05, 3.63) is 64.7 Å². The van der Waals surface area contributed by atoms with E-state index in [0.29, 0.717) is 24.1 Å². The van der Waals surface area contributed by atoms with Crippen molar-refractivity contribution in [3.8, 4) is 6.07 Å². The summed E-state index contributed by atoms with van der Waals surface area (Å²) in [7, 11) is 0. The lowest BCUT2D eigenvalue weighted by Crippen LogP contribution is -2.41. The lowest BCUT2D eigenvalue weighted by molar-refractivity contribution is -0.118. The zero-order valence-electron chi connectivity index (χ0n) is 14.2. The third-order valence-electron chi connectivity index (χ3n) is 4.31. The smallest absolute Gasteiger partial charge is 0.251 e. The molecular weight excluding hydrogens is 314 g/mol. The molecule has 1 atom stereocenters. The van der Waals surface area contributed by atoms with Gasteiger partial charge in [0.15, 0.2) is 0 Å². The molecule has 0 radical (unpaired) electrons. The first-order valence-corrected chi connectivity index (χ1v) is 8.18. The van der Waals surface area contributed by atoms with Crippen LogP contribution < -0.4 is 10.2 Å². The SMILES string of the molecule is Cc1cc(C)cc(N2CC[C@H](NC(=O)c3ccc(C#N)cc3)C2=O)c1. The number of nitrogens with one attached hydrogen (secondary N) is 1. The number of benzene rings is 2. The van der Waals surface area contributed by atoms with Gasteiger partial charge in [-0.15, -0.1) is 0 Å². The number of carbonyl (C=O) groups is 2. The maximum Gasteiger partial charge on any atom is 0.251 e. The Bertz CT molecular complexity index is 845. The normalized spacial score (nSPS) is 16.6. The summed E-state index contributed by atoms with van der Waals surface area (Å²) < 4.78 is 0. The molecule has 3 rings (SSSR count). The number of rotatable bonds is 3. The van der Waals surface area contributed by atoms with Gasteiger partial charge in [0.2, 0.25) is 5.91 Å². The molecule has 1 aliphatic heterocycles. The first kappa shape index (κ1) is 16.7. The van der Waals surface area contributed by atoms with Gasteiger partial charge in [0.05, 0.1) is 11.6 Å². The minimum Gasteiger partial charge on any atom is -0.340 e. The van der Waals surface area contributed by atoms with Crippen molar-refractivity contribution >= 4 is 17.5 Å². The van der Waals surface area contributed by atoms with Crippen LogP contribution in [0.4, 0.5) is 5.69 Å². The average molecular weight is 333 g/mol. The Morgan fingerprint density at radius 3 is 2.40 bits per heavy atom. The Morgan fingerprint density at radius 2 is 1.80 bits per heavy atom. The number of carbonyl (C=O) groups excluding carboxylic acids is 2. The summed E-state index contributed by atoms with van der Waals surface area (Å²) in [6.07, 6.45) is 0.577. The van der Waals surface area contributed by atoms with E-state index in [1.54, 1.807) is 29.2 Å². The summed E-state index contributed by atoms with van der Waals surface area (Å²) in [4.78, 5) is 26.7. The number of nitrogens with zero attached hydrogens (tertiary/aromatic N) is 2. The quantitative estimate of drug-likeness (QED) is 0.938. The Balaban J connectivity index is 1.71. The van der Waals surface area contributed by atoms with E-state index in [9.17, 15) is 9.59 Å². The molecule has 1 aliphatic rings. The first-order valence-electron chi connectivity index (χ1n) is 8.18. The second-order valence-electron chi connectivity index (χ2n) is 6.34. The molecule has 0 bridgehead atoms. The minimum absolute atomic E-state index is 0.0907. The fraction of sp³-hybridized carbons (Fsp3) is 0.250. The topological polar surface area (TPSA) is 73.2 Å². The Kier molecular flexibility index (Phi) is 4.53. The van der Waals surface area contributed by atoms with Crippen molar-refractivity contribution in [3.63, 3.8) is 0 Å². The molecule has 5 nitrogen and oxygen atoms in total. The monoisotopic (exact) mass is 333 g/mol. The Hall–Kier alpha value is -3.13. The van der Waals surface area contributed by atoms with Crippen molar-refractivity contribution in [2.75, 3.05) is 11.4 Å². The summed E-state index contributed by atoms with van der Waals surface area (Å²) >= 11 is 0. The van der Waals surface area contributed by atoms with E-state index < -0.39 is 6.04 Å². The number of aryl methyl sites for hydroxylation is 2. The lowest BCUT2D eigenvalue weighted by atomic mass is 10.1. The van der Waals surface area contributed by atoms with Gasteiger partial charge in [-0.3, -0.25) is 9.59 Å². The van der Waals surface area contributed by atoms with Crippen LogP contribution >= 0.6 is 0 Å². The molecule has 2 aromatic rings. The summed E-state index contributed by atoms with van der Waals surface area (Å²) in [5, 5.41) is 11.6. The van der Waals surface area contributed by atoms with Crippen LogP contribution in [0.1, 0.15) is 33.5 Å². The maximum absolute atomic E-state index is 12.7. The van der Waals surface area contributed by atoms with Gasteiger partial charge in [0.1, 0.15) is 6.04 Å². The van der Waals surface area contributed by atoms with Crippen molar-refractivity contribution in [1.29, 1.82) is 5.26 Å². The van der Waals surface area contributed by atoms with Crippen molar-refractivity contribution in [2.24, 2.45) is 0 Å². The molecule has 5 heteroatoms. The Labute approximate surface area is 146 Å². The zero-order valence-corrected chi connectivity index (χ0v) is 14.2. The number of anilines is 1. The number of hydrogen-bond acceptors (Lipinski definition) is 3. The summed E-state index contributed by atoms with van der Waals surface area (Å²) in [6.45, 7) is 4.59. The van der Waals surface area contributed by atoms with E-state index in [2.05, 4.69) is 11.4 Å². The van der Waals surface area contributed by atoms with Gasteiger partial charge >= 0.3 is 0 Å². The van der Waals surface area contributed by atoms with Gasteiger partial charge < -0.3 is 10.2 Å². The average Bonchev–Trinajstić information content (AvgIpc) is 2.95. The van der Waals surface area contributed by atoms with Gasteiger partial charge in [-0.05, 0) is 67.8 Å². The molecule has 1 heterocycles. The van der Waals surface area contributed by atoms with E-state index in [0.717, 1.165) is 16.8 Å². The standard InChI is InChI=1S/C20H19N3O2/c1-13-9-14(2)11-17(10-13)23-8-7-18(20(23)25)22-19(24)16-5-3-15(12-21)4-6-16/h3-6,9-11,18H,7-8H2,1-2H3,(H,22,24)/t18-/m0/s1. The van der Waals surface area contributed by atoms with Gasteiger partial charge in [0.25, 0.3) is 5.91 Å². The van der Waals surface area contributed by atoms with Crippen molar-refractivity contribution in [1.82, 2.24) is 5.32 Å². The molecule has 25 heavy (non-hydrogen) atoms. The van der Waals surface area contributed by atoms with Crippen molar-refractivity contribution < 1.29 is 9.59 Å². The molecule has 126 valence electrons. The third kappa shape index (κ3) is 3.53. The second-order valence-corrected chi connectivity index (χ2v) is 6.34. The molecule has 2 amide bonds. The summed E-state index contributed by atoms with van der Waals surface area (Å²) in [6, 6.07) is 13.9. The molecule has 0 aromatic heterocycles. The molecular formula is C20H19N3O2. The fourth-order valence-electron chi connectivity index (χ4n) is 3.11. The van der Waals surface area contributed by atoms with Crippen LogP contribution in [0.5, 0.6) is 0 Å². The van der Waals surface area contributed by atoms with Crippen LogP contribution in [0.25, 0.3) is 0 Å². The Morgan fingerprint density at radius 1 is 1.16 bits per heavy atom. The number of hydrogen-bond donors (Lipinski definition) is 1. The van der Waals surface area contributed by atoms with Gasteiger partial charge in [-0.2, -0.15) is 5.26 Å². The molecule has 0 saturated carbocycles. The second kappa shape index (κ2) is 6.78. The third-order valence-corrected chi connectivity index (χ3v) is 4.31. The van der Waals surface area contributed by atoms with Crippen LogP contribution in [0.3, 0.4) is 0 Å². The highest BCUT2D eigenvalue weighted by Gasteiger charge is 2.33.